The maximum absolute atomic E-state index is 13.2. The van der Waals surface area contributed by atoms with Crippen LogP contribution in [-0.2, 0) is 14.4 Å². The van der Waals surface area contributed by atoms with E-state index in [1.54, 1.807) is 0 Å². The summed E-state index contributed by atoms with van der Waals surface area (Å²) in [6.07, 6.45) is -0.120. The van der Waals surface area contributed by atoms with Gasteiger partial charge in [0.15, 0.2) is 0 Å². The lowest BCUT2D eigenvalue weighted by Gasteiger charge is -2.21. The molecule has 4 nitrogen and oxygen atoms in total. The molecular weight excluding hydrogens is 292 g/mol. The minimum atomic E-state index is -1.67. The fourth-order valence-electron chi connectivity index (χ4n) is 1.84. The van der Waals surface area contributed by atoms with Gasteiger partial charge in [0.25, 0.3) is 5.60 Å². The van der Waals surface area contributed by atoms with Crippen molar-refractivity contribution in [2.45, 2.75) is 12.0 Å². The van der Waals surface area contributed by atoms with Crippen molar-refractivity contribution in [2.75, 3.05) is 7.11 Å². The molecule has 0 fully saturated rings. The Kier molecular flexibility index (Phi) is 3.76. The fourth-order valence-corrected chi connectivity index (χ4v) is 2.02. The normalized spacial score (nSPS) is 21.1. The molecule has 1 aromatic rings. The van der Waals surface area contributed by atoms with E-state index in [0.717, 1.165) is 25.3 Å². The molecule has 1 aliphatic heterocycles. The Morgan fingerprint density at radius 1 is 1.45 bits per heavy atom. The third-order valence-electron chi connectivity index (χ3n) is 2.88. The molecule has 1 aliphatic rings. The van der Waals surface area contributed by atoms with Crippen molar-refractivity contribution in [3.63, 3.8) is 0 Å². The zero-order valence-electron chi connectivity index (χ0n) is 10.5. The van der Waals surface area contributed by atoms with E-state index in [4.69, 9.17) is 16.4 Å². The second-order valence-electron chi connectivity index (χ2n) is 4.19. The molecule has 0 aromatic heterocycles. The van der Waals surface area contributed by atoms with Gasteiger partial charge in [-0.15, -0.1) is 0 Å². The van der Waals surface area contributed by atoms with Crippen LogP contribution >= 0.6 is 11.6 Å². The summed E-state index contributed by atoms with van der Waals surface area (Å²) in [6, 6.07) is 2.89. The number of hydrogen-bond donors (Lipinski definition) is 0. The maximum atomic E-state index is 13.2. The summed E-state index contributed by atoms with van der Waals surface area (Å²) in [7, 11) is 1.16. The quantitative estimate of drug-likeness (QED) is 0.807. The van der Waals surface area contributed by atoms with Crippen LogP contribution in [0.5, 0.6) is 0 Å². The molecule has 106 valence electrons. The molecule has 0 N–H and O–H groups in total. The van der Waals surface area contributed by atoms with E-state index in [2.05, 4.69) is 16.5 Å². The molecule has 0 spiro atoms. The van der Waals surface area contributed by atoms with Crippen molar-refractivity contribution in [1.82, 2.24) is 0 Å². The zero-order chi connectivity index (χ0) is 14.9. The highest BCUT2D eigenvalue weighted by molar-refractivity contribution is 6.33. The van der Waals surface area contributed by atoms with Crippen LogP contribution in [-0.4, -0.2) is 24.4 Å². The first-order valence-electron chi connectivity index (χ1n) is 5.54. The molecule has 0 saturated heterocycles. The third kappa shape index (κ3) is 2.38. The van der Waals surface area contributed by atoms with Gasteiger partial charge in [0.05, 0.1) is 24.3 Å². The molecule has 0 aliphatic carbocycles. The van der Waals surface area contributed by atoms with Gasteiger partial charge in [-0.2, -0.15) is 0 Å². The number of benzene rings is 1. The van der Waals surface area contributed by atoms with E-state index in [9.17, 15) is 13.6 Å². The number of carbonyl (C=O) groups is 1. The molecular formula is C13H10ClF2NO3. The minimum absolute atomic E-state index is 0.120. The molecule has 20 heavy (non-hydrogen) atoms. The summed E-state index contributed by atoms with van der Waals surface area (Å²) in [4.78, 5) is 16.8. The summed E-state index contributed by atoms with van der Waals surface area (Å²) < 4.78 is 31.0. The summed E-state index contributed by atoms with van der Waals surface area (Å²) in [6.45, 7) is 3.46. The molecule has 1 aromatic carbocycles. The summed E-state index contributed by atoms with van der Waals surface area (Å²) in [5.74, 6) is -2.31. The molecule has 1 atom stereocenters. The number of methoxy groups -OCH3 is 1. The Bertz CT molecular complexity index is 597. The van der Waals surface area contributed by atoms with Crippen LogP contribution in [0.1, 0.15) is 12.0 Å². The van der Waals surface area contributed by atoms with Gasteiger partial charge in [-0.3, -0.25) is 0 Å². The first-order chi connectivity index (χ1) is 9.39. The number of rotatable bonds is 3. The van der Waals surface area contributed by atoms with Crippen molar-refractivity contribution in [2.24, 2.45) is 5.16 Å². The van der Waals surface area contributed by atoms with Crippen molar-refractivity contribution >= 4 is 23.3 Å². The van der Waals surface area contributed by atoms with Gasteiger partial charge < -0.3 is 9.57 Å². The first kappa shape index (κ1) is 14.5. The van der Waals surface area contributed by atoms with Crippen LogP contribution in [0.2, 0.25) is 0 Å². The third-order valence-corrected chi connectivity index (χ3v) is 3.18. The lowest BCUT2D eigenvalue weighted by molar-refractivity contribution is -0.160. The molecule has 2 rings (SSSR count). The second-order valence-corrected chi connectivity index (χ2v) is 4.64. The number of oxime groups is 1. The molecule has 0 amide bonds. The van der Waals surface area contributed by atoms with Crippen LogP contribution in [0.25, 0.3) is 0 Å². The number of ether oxygens (including phenoxy) is 1. The SMILES string of the molecule is C=C(Cl)C1(C(=O)OC)CC(c2cc(F)cc(F)c2)=NO1. The summed E-state index contributed by atoms with van der Waals surface area (Å²) in [5, 5.41) is 3.54. The molecule has 1 heterocycles. The Balaban J connectivity index is 2.35. The average molecular weight is 302 g/mol. The molecule has 1 unspecified atom stereocenters. The Labute approximate surface area is 118 Å². The molecule has 0 bridgehead atoms. The molecule has 0 radical (unpaired) electrons. The highest BCUT2D eigenvalue weighted by Crippen LogP contribution is 2.36. The molecule has 0 saturated carbocycles. The minimum Gasteiger partial charge on any atom is -0.466 e. The van der Waals surface area contributed by atoms with Gasteiger partial charge in [-0.05, 0) is 12.1 Å². The fraction of sp³-hybridized carbons (Fsp3) is 0.231. The average Bonchev–Trinajstić information content (AvgIpc) is 2.83. The number of carbonyl (C=O) groups excluding carboxylic acids is 1. The van der Waals surface area contributed by atoms with Crippen LogP contribution in [0, 0.1) is 11.6 Å². The lowest BCUT2D eigenvalue weighted by Crippen LogP contribution is -2.40. The number of esters is 1. The number of nitrogens with zero attached hydrogens (tertiary/aromatic N) is 1. The van der Waals surface area contributed by atoms with E-state index in [0.29, 0.717) is 0 Å². The van der Waals surface area contributed by atoms with Crippen LogP contribution in [0.4, 0.5) is 8.78 Å². The van der Waals surface area contributed by atoms with Crippen LogP contribution < -0.4 is 0 Å². The van der Waals surface area contributed by atoms with E-state index >= 15 is 0 Å². The largest absolute Gasteiger partial charge is 0.466 e. The van der Waals surface area contributed by atoms with Crippen molar-refractivity contribution in [3.8, 4) is 0 Å². The smallest absolute Gasteiger partial charge is 0.359 e. The van der Waals surface area contributed by atoms with Gasteiger partial charge in [0, 0.05) is 11.6 Å². The lowest BCUT2D eigenvalue weighted by atomic mass is 9.94. The summed E-state index contributed by atoms with van der Waals surface area (Å²) >= 11 is 5.79. The Morgan fingerprint density at radius 3 is 2.55 bits per heavy atom. The Hall–Kier alpha value is -1.95. The maximum Gasteiger partial charge on any atom is 0.359 e. The van der Waals surface area contributed by atoms with Gasteiger partial charge >= 0.3 is 5.97 Å². The molecule has 7 heteroatoms. The van der Waals surface area contributed by atoms with Gasteiger partial charge in [-0.1, -0.05) is 23.3 Å². The van der Waals surface area contributed by atoms with Gasteiger partial charge in [-0.25, -0.2) is 13.6 Å². The highest BCUT2D eigenvalue weighted by Gasteiger charge is 2.50. The number of halogens is 3. The van der Waals surface area contributed by atoms with Crippen LogP contribution in [0.3, 0.4) is 0 Å². The number of hydrogen-bond acceptors (Lipinski definition) is 4. The second kappa shape index (κ2) is 5.20. The zero-order valence-corrected chi connectivity index (χ0v) is 11.2. The van der Waals surface area contributed by atoms with Crippen LogP contribution in [0.15, 0.2) is 35.0 Å². The van der Waals surface area contributed by atoms with E-state index < -0.39 is 23.2 Å². The predicted molar refractivity (Wildman–Crippen MR) is 68.3 cm³/mol. The first-order valence-corrected chi connectivity index (χ1v) is 5.91. The van der Waals surface area contributed by atoms with Crippen molar-refractivity contribution in [1.29, 1.82) is 0 Å². The van der Waals surface area contributed by atoms with Crippen molar-refractivity contribution in [3.05, 3.63) is 47.0 Å². The van der Waals surface area contributed by atoms with Gasteiger partial charge in [0.2, 0.25) is 0 Å². The highest BCUT2D eigenvalue weighted by atomic mass is 35.5. The standard InChI is InChI=1S/C13H10ClF2NO3/c1-7(14)13(12(18)19-2)6-11(17-20-13)8-3-9(15)5-10(16)4-8/h3-5H,1,6H2,2H3. The topological polar surface area (TPSA) is 47.9 Å². The van der Waals surface area contributed by atoms with Gasteiger partial charge in [0.1, 0.15) is 11.6 Å². The predicted octanol–water partition coefficient (Wildman–Crippen LogP) is 2.75. The summed E-state index contributed by atoms with van der Waals surface area (Å²) in [5.41, 5.74) is -1.34. The van der Waals surface area contributed by atoms with E-state index in [-0.39, 0.29) is 22.7 Å². The van der Waals surface area contributed by atoms with Crippen molar-refractivity contribution < 1.29 is 23.1 Å². The Morgan fingerprint density at radius 2 is 2.05 bits per heavy atom. The van der Waals surface area contributed by atoms with E-state index in [1.807, 2.05) is 0 Å². The monoisotopic (exact) mass is 301 g/mol. The van der Waals surface area contributed by atoms with E-state index in [1.165, 1.54) is 0 Å².